The fourth-order valence-corrected chi connectivity index (χ4v) is 7.88. The summed E-state index contributed by atoms with van der Waals surface area (Å²) < 4.78 is 27.9. The van der Waals surface area contributed by atoms with Crippen LogP contribution in [0.5, 0.6) is 0 Å². The molecule has 0 saturated carbocycles. The van der Waals surface area contributed by atoms with Gasteiger partial charge in [0.05, 0.1) is 0 Å². The lowest BCUT2D eigenvalue weighted by molar-refractivity contribution is -0.124. The highest BCUT2D eigenvalue weighted by molar-refractivity contribution is 7.91. The molecule has 1 aromatic carbocycles. The molecule has 2 aromatic rings. The number of piperidine rings is 1. The molecule has 2 saturated heterocycles. The third kappa shape index (κ3) is 5.25. The van der Waals surface area contributed by atoms with E-state index in [-0.39, 0.29) is 5.91 Å². The highest BCUT2D eigenvalue weighted by Gasteiger charge is 2.40. The number of rotatable bonds is 7. The lowest BCUT2D eigenvalue weighted by atomic mass is 9.99. The molecule has 1 aromatic heterocycles. The number of hydrogen-bond acceptors (Lipinski definition) is 5. The topological polar surface area (TPSA) is 69.7 Å². The van der Waals surface area contributed by atoms with Crippen LogP contribution in [0.2, 0.25) is 0 Å². The second-order valence-corrected chi connectivity index (χ2v) is 12.5. The highest BCUT2D eigenvalue weighted by Crippen LogP contribution is 2.30. The zero-order chi connectivity index (χ0) is 22.7. The van der Waals surface area contributed by atoms with Crippen molar-refractivity contribution in [2.75, 3.05) is 19.6 Å². The lowest BCUT2D eigenvalue weighted by Gasteiger charge is -2.31. The molecule has 4 rings (SSSR count). The summed E-state index contributed by atoms with van der Waals surface area (Å²) >= 11 is 1.26. The van der Waals surface area contributed by atoms with Gasteiger partial charge in [-0.2, -0.15) is 4.31 Å². The van der Waals surface area contributed by atoms with E-state index in [0.717, 1.165) is 36.0 Å². The van der Waals surface area contributed by atoms with Gasteiger partial charge in [-0.05, 0) is 68.3 Å². The highest BCUT2D eigenvalue weighted by atomic mass is 32.2. The minimum absolute atomic E-state index is 0.208. The van der Waals surface area contributed by atoms with Crippen molar-refractivity contribution in [1.29, 1.82) is 0 Å². The van der Waals surface area contributed by atoms with E-state index in [1.165, 1.54) is 34.0 Å². The summed E-state index contributed by atoms with van der Waals surface area (Å²) in [7, 11) is -3.64. The first kappa shape index (κ1) is 23.4. The molecule has 0 bridgehead atoms. The Morgan fingerprint density at radius 2 is 1.84 bits per heavy atom. The summed E-state index contributed by atoms with van der Waals surface area (Å²) in [4.78, 5) is 16.5. The molecular formula is C24H33N3O3S2. The molecule has 1 N–H and O–H groups in total. The second-order valence-electron chi connectivity index (χ2n) is 9.11. The van der Waals surface area contributed by atoms with Crippen LogP contribution in [-0.4, -0.2) is 49.2 Å². The van der Waals surface area contributed by atoms with Gasteiger partial charge in [0, 0.05) is 31.1 Å². The monoisotopic (exact) mass is 475 g/mol. The van der Waals surface area contributed by atoms with Gasteiger partial charge in [-0.1, -0.05) is 31.2 Å². The Morgan fingerprint density at radius 1 is 1.09 bits per heavy atom. The van der Waals surface area contributed by atoms with Crippen molar-refractivity contribution < 1.29 is 13.2 Å². The number of carbonyl (C=O) groups is 1. The summed E-state index contributed by atoms with van der Waals surface area (Å²) in [5.41, 5.74) is 2.33. The smallest absolute Gasteiger partial charge is 0.253 e. The fourth-order valence-electron chi connectivity index (χ4n) is 4.81. The molecular weight excluding hydrogens is 442 g/mol. The number of benzene rings is 1. The third-order valence-electron chi connectivity index (χ3n) is 6.49. The first-order valence-corrected chi connectivity index (χ1v) is 13.8. The van der Waals surface area contributed by atoms with Crippen molar-refractivity contribution in [2.24, 2.45) is 5.92 Å². The van der Waals surface area contributed by atoms with Crippen LogP contribution in [-0.2, 0) is 27.9 Å². The average Bonchev–Trinajstić information content (AvgIpc) is 3.43. The summed E-state index contributed by atoms with van der Waals surface area (Å²) in [5, 5.41) is 3.03. The molecule has 2 aliphatic heterocycles. The Kier molecular flexibility index (Phi) is 7.34. The van der Waals surface area contributed by atoms with Crippen molar-refractivity contribution >= 4 is 27.3 Å². The van der Waals surface area contributed by atoms with E-state index in [2.05, 4.69) is 29.3 Å². The third-order valence-corrected chi connectivity index (χ3v) is 9.87. The Balaban J connectivity index is 1.41. The average molecular weight is 476 g/mol. The molecule has 174 valence electrons. The summed E-state index contributed by atoms with van der Waals surface area (Å²) in [6.45, 7) is 8.11. The summed E-state index contributed by atoms with van der Waals surface area (Å²) in [6, 6.07) is 11.0. The van der Waals surface area contributed by atoms with E-state index in [9.17, 15) is 13.2 Å². The standard InChI is InChI=1S/C24H33N3O3S2/c1-18-7-5-13-26(16-18)17-21-9-4-3-8-20(21)15-25-24(28)22-10-6-14-27(22)32(29,30)23-12-11-19(2)31-23/h3-4,8-9,11-12,18,22H,5-7,10,13-17H2,1-2H3,(H,25,28). The van der Waals surface area contributed by atoms with Gasteiger partial charge in [-0.25, -0.2) is 8.42 Å². The first-order chi connectivity index (χ1) is 15.3. The van der Waals surface area contributed by atoms with Crippen molar-refractivity contribution in [3.63, 3.8) is 0 Å². The van der Waals surface area contributed by atoms with Crippen LogP contribution in [0, 0.1) is 12.8 Å². The van der Waals surface area contributed by atoms with Crippen LogP contribution >= 0.6 is 11.3 Å². The van der Waals surface area contributed by atoms with Gasteiger partial charge in [-0.3, -0.25) is 9.69 Å². The van der Waals surface area contributed by atoms with Gasteiger partial charge in [-0.15, -0.1) is 11.3 Å². The maximum Gasteiger partial charge on any atom is 0.253 e. The number of sulfonamides is 1. The van der Waals surface area contributed by atoms with Crippen molar-refractivity contribution in [2.45, 2.75) is 62.9 Å². The van der Waals surface area contributed by atoms with Crippen LogP contribution in [0.25, 0.3) is 0 Å². The summed E-state index contributed by atoms with van der Waals surface area (Å²) in [6.07, 6.45) is 3.78. The van der Waals surface area contributed by atoms with Crippen molar-refractivity contribution in [3.05, 3.63) is 52.4 Å². The number of hydrogen-bond donors (Lipinski definition) is 1. The van der Waals surface area contributed by atoms with Crippen LogP contribution in [0.15, 0.2) is 40.6 Å². The SMILES string of the molecule is Cc1ccc(S(=O)(=O)N2CCCC2C(=O)NCc2ccccc2CN2CCCC(C)C2)s1. The van der Waals surface area contributed by atoms with Crippen molar-refractivity contribution in [3.8, 4) is 0 Å². The molecule has 0 spiro atoms. The minimum Gasteiger partial charge on any atom is -0.351 e. The Labute approximate surface area is 195 Å². The van der Waals surface area contributed by atoms with Crippen LogP contribution < -0.4 is 5.32 Å². The predicted octanol–water partition coefficient (Wildman–Crippen LogP) is 3.76. The zero-order valence-corrected chi connectivity index (χ0v) is 20.6. The molecule has 2 unspecified atom stereocenters. The molecule has 1 amide bonds. The maximum atomic E-state index is 13.1. The quantitative estimate of drug-likeness (QED) is 0.662. The number of nitrogens with zero attached hydrogens (tertiary/aromatic N) is 2. The van der Waals surface area contributed by atoms with E-state index in [1.807, 2.05) is 25.1 Å². The number of likely N-dealkylation sites (tertiary alicyclic amines) is 1. The molecule has 2 fully saturated rings. The molecule has 2 aliphatic rings. The molecule has 0 aliphatic carbocycles. The Bertz CT molecular complexity index is 1050. The summed E-state index contributed by atoms with van der Waals surface area (Å²) in [5.74, 6) is 0.513. The fraction of sp³-hybridized carbons (Fsp3) is 0.542. The normalized spacial score (nSPS) is 22.8. The predicted molar refractivity (Wildman–Crippen MR) is 128 cm³/mol. The van der Waals surface area contributed by atoms with Gasteiger partial charge in [0.2, 0.25) is 5.91 Å². The van der Waals surface area contributed by atoms with Crippen LogP contribution in [0.4, 0.5) is 0 Å². The minimum atomic E-state index is -3.64. The molecule has 2 atom stereocenters. The molecule has 0 radical (unpaired) electrons. The van der Waals surface area contributed by atoms with Gasteiger partial charge in [0.25, 0.3) is 10.0 Å². The lowest BCUT2D eigenvalue weighted by Crippen LogP contribution is -2.45. The van der Waals surface area contributed by atoms with Crippen molar-refractivity contribution in [1.82, 2.24) is 14.5 Å². The van der Waals surface area contributed by atoms with E-state index in [0.29, 0.717) is 30.1 Å². The largest absolute Gasteiger partial charge is 0.351 e. The molecule has 6 nitrogen and oxygen atoms in total. The molecule has 3 heterocycles. The van der Waals surface area contributed by atoms with E-state index < -0.39 is 16.1 Å². The van der Waals surface area contributed by atoms with Gasteiger partial charge in [0.15, 0.2) is 0 Å². The molecule has 32 heavy (non-hydrogen) atoms. The second kappa shape index (κ2) is 10.0. The Hall–Kier alpha value is -1.74. The Morgan fingerprint density at radius 3 is 2.56 bits per heavy atom. The first-order valence-electron chi connectivity index (χ1n) is 11.5. The van der Waals surface area contributed by atoms with Crippen LogP contribution in [0.1, 0.15) is 48.6 Å². The van der Waals surface area contributed by atoms with E-state index in [1.54, 1.807) is 6.07 Å². The number of aryl methyl sites for hydroxylation is 1. The van der Waals surface area contributed by atoms with Crippen LogP contribution in [0.3, 0.4) is 0 Å². The van der Waals surface area contributed by atoms with E-state index in [4.69, 9.17) is 0 Å². The van der Waals surface area contributed by atoms with Gasteiger partial charge >= 0.3 is 0 Å². The van der Waals surface area contributed by atoms with Gasteiger partial charge in [0.1, 0.15) is 10.3 Å². The maximum absolute atomic E-state index is 13.1. The number of nitrogens with one attached hydrogen (secondary N) is 1. The molecule has 8 heteroatoms. The number of thiophene rings is 1. The zero-order valence-electron chi connectivity index (χ0n) is 18.9. The number of amides is 1. The van der Waals surface area contributed by atoms with Gasteiger partial charge < -0.3 is 5.32 Å². The van der Waals surface area contributed by atoms with E-state index >= 15 is 0 Å². The number of carbonyl (C=O) groups excluding carboxylic acids is 1.